The molecule has 1 fully saturated rings. The summed E-state index contributed by atoms with van der Waals surface area (Å²) in [6.45, 7) is 1.98. The lowest BCUT2D eigenvalue weighted by atomic mass is 10.2. The molecule has 0 atom stereocenters. The third kappa shape index (κ3) is 4.45. The third-order valence-corrected chi connectivity index (χ3v) is 6.62. The molecule has 1 N–H and O–H groups in total. The topological polar surface area (TPSA) is 38.3 Å². The largest absolute Gasteiger partial charge is 0.483 e. The summed E-state index contributed by atoms with van der Waals surface area (Å²) >= 11 is 3.92. The molecule has 0 bridgehead atoms. The first-order valence-electron chi connectivity index (χ1n) is 7.54. The average Bonchev–Trinajstić information content (AvgIpc) is 3.09. The number of hydrogen-bond donors (Lipinski definition) is 1. The first-order chi connectivity index (χ1) is 11.2. The minimum atomic E-state index is -0.142. The molecule has 0 aliphatic carbocycles. The van der Waals surface area contributed by atoms with Gasteiger partial charge in [-0.25, -0.2) is 0 Å². The van der Waals surface area contributed by atoms with Crippen LogP contribution < -0.4 is 10.1 Å². The lowest BCUT2D eigenvalue weighted by molar-refractivity contribution is -0.118. The van der Waals surface area contributed by atoms with Gasteiger partial charge in [0.15, 0.2) is 6.61 Å². The Morgan fingerprint density at radius 3 is 2.74 bits per heavy atom. The molecule has 2 aromatic rings. The molecule has 0 aromatic heterocycles. The van der Waals surface area contributed by atoms with Crippen LogP contribution in [0, 0.1) is 6.92 Å². The van der Waals surface area contributed by atoms with E-state index in [0.717, 1.165) is 17.0 Å². The number of thioether (sulfide) groups is 2. The molecule has 5 heteroatoms. The van der Waals surface area contributed by atoms with Gasteiger partial charge in [-0.05, 0) is 36.2 Å². The van der Waals surface area contributed by atoms with Crippen molar-refractivity contribution in [2.75, 3.05) is 23.4 Å². The van der Waals surface area contributed by atoms with E-state index in [1.54, 1.807) is 0 Å². The van der Waals surface area contributed by atoms with Crippen LogP contribution in [-0.2, 0) is 4.79 Å². The Balaban J connectivity index is 1.57. The Bertz CT molecular complexity index is 684. The van der Waals surface area contributed by atoms with E-state index in [4.69, 9.17) is 4.74 Å². The number of amides is 1. The minimum Gasteiger partial charge on any atom is -0.483 e. The highest BCUT2D eigenvalue weighted by atomic mass is 32.2. The van der Waals surface area contributed by atoms with Gasteiger partial charge in [0.05, 0.1) is 4.58 Å². The summed E-state index contributed by atoms with van der Waals surface area (Å²) in [5, 5.41) is 2.91. The zero-order valence-electron chi connectivity index (χ0n) is 13.0. The first kappa shape index (κ1) is 16.3. The highest BCUT2D eigenvalue weighted by Gasteiger charge is 2.18. The highest BCUT2D eigenvalue weighted by Crippen LogP contribution is 2.45. The molecule has 0 radical (unpaired) electrons. The van der Waals surface area contributed by atoms with E-state index < -0.39 is 0 Å². The van der Waals surface area contributed by atoms with E-state index >= 15 is 0 Å². The Hall–Kier alpha value is -1.59. The predicted molar refractivity (Wildman–Crippen MR) is 99.4 cm³/mol. The summed E-state index contributed by atoms with van der Waals surface area (Å²) in [6, 6.07) is 15.8. The van der Waals surface area contributed by atoms with E-state index in [1.165, 1.54) is 17.1 Å². The van der Waals surface area contributed by atoms with Gasteiger partial charge in [0.2, 0.25) is 0 Å². The van der Waals surface area contributed by atoms with Gasteiger partial charge < -0.3 is 10.1 Å². The number of para-hydroxylation sites is 1. The van der Waals surface area contributed by atoms with Crippen LogP contribution in [0.1, 0.15) is 15.7 Å². The van der Waals surface area contributed by atoms with Crippen LogP contribution in [0.4, 0.5) is 5.69 Å². The first-order valence-corrected chi connectivity index (χ1v) is 9.63. The molecular weight excluding hydrogens is 326 g/mol. The summed E-state index contributed by atoms with van der Waals surface area (Å²) < 4.78 is 6.06. The molecule has 23 heavy (non-hydrogen) atoms. The van der Waals surface area contributed by atoms with Gasteiger partial charge in [-0.15, -0.1) is 23.5 Å². The average molecular weight is 345 g/mol. The van der Waals surface area contributed by atoms with Gasteiger partial charge >= 0.3 is 0 Å². The van der Waals surface area contributed by atoms with Crippen molar-refractivity contribution in [1.82, 2.24) is 0 Å². The number of hydrogen-bond acceptors (Lipinski definition) is 4. The monoisotopic (exact) mass is 345 g/mol. The van der Waals surface area contributed by atoms with Crippen molar-refractivity contribution in [1.29, 1.82) is 0 Å². The quantitative estimate of drug-likeness (QED) is 0.866. The van der Waals surface area contributed by atoms with E-state index in [1.807, 2.05) is 66.8 Å². The van der Waals surface area contributed by atoms with Gasteiger partial charge in [0.25, 0.3) is 5.91 Å². The smallest absolute Gasteiger partial charge is 0.262 e. The molecule has 0 unspecified atom stereocenters. The molecule has 0 saturated carbocycles. The van der Waals surface area contributed by atoms with Crippen LogP contribution in [0.15, 0.2) is 48.5 Å². The molecule has 1 heterocycles. The van der Waals surface area contributed by atoms with Crippen molar-refractivity contribution < 1.29 is 9.53 Å². The number of carbonyl (C=O) groups excluding carboxylic acids is 1. The van der Waals surface area contributed by atoms with Crippen LogP contribution in [0.3, 0.4) is 0 Å². The van der Waals surface area contributed by atoms with Crippen LogP contribution >= 0.6 is 23.5 Å². The number of anilines is 1. The van der Waals surface area contributed by atoms with Crippen molar-refractivity contribution >= 4 is 35.1 Å². The molecule has 1 amide bonds. The summed E-state index contributed by atoms with van der Waals surface area (Å²) in [7, 11) is 0. The molecule has 3 nitrogen and oxygen atoms in total. The fraction of sp³-hybridized carbons (Fsp3) is 0.278. The normalized spacial score (nSPS) is 14.7. The van der Waals surface area contributed by atoms with Gasteiger partial charge in [-0.3, -0.25) is 4.79 Å². The predicted octanol–water partition coefficient (Wildman–Crippen LogP) is 4.49. The molecule has 1 aliphatic heterocycles. The van der Waals surface area contributed by atoms with Crippen LogP contribution in [-0.4, -0.2) is 24.0 Å². The van der Waals surface area contributed by atoms with Crippen LogP contribution in [0.25, 0.3) is 0 Å². The fourth-order valence-corrected chi connectivity index (χ4v) is 5.21. The number of aryl methyl sites for hydroxylation is 1. The van der Waals surface area contributed by atoms with E-state index in [-0.39, 0.29) is 12.5 Å². The Kier molecular flexibility index (Phi) is 5.51. The van der Waals surface area contributed by atoms with Gasteiger partial charge in [0, 0.05) is 17.2 Å². The van der Waals surface area contributed by atoms with Crippen molar-refractivity contribution in [2.24, 2.45) is 0 Å². The van der Waals surface area contributed by atoms with Crippen molar-refractivity contribution in [2.45, 2.75) is 11.5 Å². The Morgan fingerprint density at radius 1 is 1.17 bits per heavy atom. The van der Waals surface area contributed by atoms with Crippen molar-refractivity contribution in [3.05, 3.63) is 59.7 Å². The maximum absolute atomic E-state index is 12.1. The molecule has 1 aliphatic rings. The summed E-state index contributed by atoms with van der Waals surface area (Å²) in [6.07, 6.45) is 0. The SMILES string of the molecule is Cc1ccccc1OCC(=O)Nc1cccc(C2SCCS2)c1. The molecule has 1 saturated heterocycles. The molecule has 3 rings (SSSR count). The fourth-order valence-electron chi connectivity index (χ4n) is 2.37. The van der Waals surface area contributed by atoms with Crippen LogP contribution in [0.2, 0.25) is 0 Å². The Labute approximate surface area is 145 Å². The van der Waals surface area contributed by atoms with Gasteiger partial charge in [0.1, 0.15) is 5.75 Å². The molecule has 2 aromatic carbocycles. The van der Waals surface area contributed by atoms with E-state index in [2.05, 4.69) is 17.4 Å². The number of carbonyl (C=O) groups is 1. The zero-order valence-corrected chi connectivity index (χ0v) is 14.6. The van der Waals surface area contributed by atoms with E-state index in [0.29, 0.717) is 4.58 Å². The van der Waals surface area contributed by atoms with E-state index in [9.17, 15) is 4.79 Å². The van der Waals surface area contributed by atoms with Gasteiger partial charge in [-0.2, -0.15) is 0 Å². The molecule has 120 valence electrons. The second kappa shape index (κ2) is 7.79. The number of ether oxygens (including phenoxy) is 1. The number of benzene rings is 2. The maximum atomic E-state index is 12.1. The second-order valence-electron chi connectivity index (χ2n) is 5.30. The van der Waals surface area contributed by atoms with Gasteiger partial charge in [-0.1, -0.05) is 30.3 Å². The zero-order chi connectivity index (χ0) is 16.1. The summed E-state index contributed by atoms with van der Waals surface area (Å²) in [4.78, 5) is 12.1. The number of rotatable bonds is 5. The lowest BCUT2D eigenvalue weighted by Crippen LogP contribution is -2.20. The molecule has 0 spiro atoms. The highest BCUT2D eigenvalue weighted by molar-refractivity contribution is 8.19. The minimum absolute atomic E-state index is 0.0159. The van der Waals surface area contributed by atoms with Crippen LogP contribution in [0.5, 0.6) is 5.75 Å². The molecular formula is C18H19NO2S2. The Morgan fingerprint density at radius 2 is 1.96 bits per heavy atom. The standard InChI is InChI=1S/C18H19NO2S2/c1-13-5-2-3-8-16(13)21-12-17(20)19-15-7-4-6-14(11-15)18-22-9-10-23-18/h2-8,11,18H,9-10,12H2,1H3,(H,19,20). The lowest BCUT2D eigenvalue weighted by Gasteiger charge is -2.12. The second-order valence-corrected chi connectivity index (χ2v) is 8.03. The van der Waals surface area contributed by atoms with Crippen molar-refractivity contribution in [3.8, 4) is 5.75 Å². The summed E-state index contributed by atoms with van der Waals surface area (Å²) in [5.74, 6) is 2.99. The maximum Gasteiger partial charge on any atom is 0.262 e. The number of nitrogens with one attached hydrogen (secondary N) is 1. The summed E-state index contributed by atoms with van der Waals surface area (Å²) in [5.41, 5.74) is 3.11. The third-order valence-electron chi connectivity index (χ3n) is 3.52. The van der Waals surface area contributed by atoms with Crippen molar-refractivity contribution in [3.63, 3.8) is 0 Å².